The number of carbonyl (C=O) groups excluding carboxylic acids is 1. The second-order valence-corrected chi connectivity index (χ2v) is 5.20. The van der Waals surface area contributed by atoms with Crippen molar-refractivity contribution in [1.29, 1.82) is 0 Å². The van der Waals surface area contributed by atoms with Gasteiger partial charge in [0.15, 0.2) is 0 Å². The van der Waals surface area contributed by atoms with Gasteiger partial charge in [-0.1, -0.05) is 11.6 Å². The Morgan fingerprint density at radius 3 is 2.70 bits per heavy atom. The number of carbonyl (C=O) groups is 1. The molecule has 2 aromatic rings. The number of allylic oxidation sites excluding steroid dienone is 1. The third-order valence-electron chi connectivity index (χ3n) is 3.24. The van der Waals surface area contributed by atoms with Crippen LogP contribution in [0.4, 0.5) is 4.79 Å². The summed E-state index contributed by atoms with van der Waals surface area (Å²) in [6.45, 7) is 2.09. The van der Waals surface area contributed by atoms with Crippen LogP contribution in [0, 0.1) is 0 Å². The first kappa shape index (κ1) is 16.9. The molecule has 1 aromatic heterocycles. The summed E-state index contributed by atoms with van der Waals surface area (Å²) in [5, 5.41) is 4.99. The van der Waals surface area contributed by atoms with Gasteiger partial charge in [-0.3, -0.25) is 4.90 Å². The van der Waals surface area contributed by atoms with E-state index in [1.165, 1.54) is 12.0 Å². The molecule has 0 saturated heterocycles. The number of aromatic nitrogens is 2. The van der Waals surface area contributed by atoms with Crippen LogP contribution in [0.2, 0.25) is 5.02 Å². The van der Waals surface area contributed by atoms with Crippen molar-refractivity contribution in [2.24, 2.45) is 0 Å². The SMILES string of the molecule is COC(=O)N(C)/C(C)=C\COc1ccn(-c2ccc(Cl)cc2)n1. The minimum Gasteiger partial charge on any atom is -0.472 e. The molecule has 1 aromatic carbocycles. The van der Waals surface area contributed by atoms with Crippen molar-refractivity contribution in [3.63, 3.8) is 0 Å². The van der Waals surface area contributed by atoms with Crippen LogP contribution < -0.4 is 4.74 Å². The van der Waals surface area contributed by atoms with E-state index in [4.69, 9.17) is 16.3 Å². The molecule has 0 N–H and O–H groups in total. The lowest BCUT2D eigenvalue weighted by atomic mass is 10.3. The first-order chi connectivity index (χ1) is 11.0. The van der Waals surface area contributed by atoms with Gasteiger partial charge in [0, 0.05) is 30.0 Å². The van der Waals surface area contributed by atoms with Crippen LogP contribution in [0.5, 0.6) is 5.88 Å². The molecule has 0 spiro atoms. The molecule has 0 saturated carbocycles. The Kier molecular flexibility index (Phi) is 5.65. The van der Waals surface area contributed by atoms with Crippen LogP contribution in [-0.4, -0.2) is 41.5 Å². The van der Waals surface area contributed by atoms with E-state index in [-0.39, 0.29) is 0 Å². The van der Waals surface area contributed by atoms with Crippen molar-refractivity contribution in [2.45, 2.75) is 6.92 Å². The van der Waals surface area contributed by atoms with Gasteiger partial charge < -0.3 is 9.47 Å². The monoisotopic (exact) mass is 335 g/mol. The topological polar surface area (TPSA) is 56.6 Å². The molecule has 23 heavy (non-hydrogen) atoms. The zero-order valence-electron chi connectivity index (χ0n) is 13.2. The van der Waals surface area contributed by atoms with Gasteiger partial charge in [0.2, 0.25) is 5.88 Å². The van der Waals surface area contributed by atoms with Crippen molar-refractivity contribution < 1.29 is 14.3 Å². The third-order valence-corrected chi connectivity index (χ3v) is 3.50. The Hall–Kier alpha value is -2.47. The summed E-state index contributed by atoms with van der Waals surface area (Å²) in [5.41, 5.74) is 1.62. The second-order valence-electron chi connectivity index (χ2n) is 4.76. The first-order valence-corrected chi connectivity index (χ1v) is 7.32. The van der Waals surface area contributed by atoms with Crippen LogP contribution in [0.25, 0.3) is 5.69 Å². The molecule has 0 bridgehead atoms. The maximum absolute atomic E-state index is 11.4. The Morgan fingerprint density at radius 1 is 1.35 bits per heavy atom. The zero-order valence-corrected chi connectivity index (χ0v) is 13.9. The van der Waals surface area contributed by atoms with Gasteiger partial charge in [-0.25, -0.2) is 9.48 Å². The Morgan fingerprint density at radius 2 is 2.04 bits per heavy atom. The molecule has 7 heteroatoms. The molecule has 1 heterocycles. The molecule has 0 atom stereocenters. The lowest BCUT2D eigenvalue weighted by molar-refractivity contribution is 0.143. The number of nitrogens with zero attached hydrogens (tertiary/aromatic N) is 3. The number of amides is 1. The Bertz CT molecular complexity index is 695. The largest absolute Gasteiger partial charge is 0.472 e. The summed E-state index contributed by atoms with van der Waals surface area (Å²) in [7, 11) is 2.97. The highest BCUT2D eigenvalue weighted by atomic mass is 35.5. The fourth-order valence-corrected chi connectivity index (χ4v) is 1.91. The van der Waals surface area contributed by atoms with Crippen LogP contribution >= 0.6 is 11.6 Å². The standard InChI is InChI=1S/C16H18ClN3O3/c1-12(19(2)16(21)22-3)9-11-23-15-8-10-20(18-15)14-6-4-13(17)5-7-14/h4-10H,11H2,1-3H3/b12-9-. The van der Waals surface area contributed by atoms with Gasteiger partial charge in [-0.05, 0) is 37.3 Å². The third kappa shape index (κ3) is 4.50. The highest BCUT2D eigenvalue weighted by Crippen LogP contribution is 2.15. The van der Waals surface area contributed by atoms with E-state index in [0.717, 1.165) is 11.4 Å². The molecule has 122 valence electrons. The molecule has 0 aliphatic rings. The fourth-order valence-electron chi connectivity index (χ4n) is 1.79. The van der Waals surface area contributed by atoms with Gasteiger partial charge in [-0.2, -0.15) is 0 Å². The number of rotatable bonds is 5. The Balaban J connectivity index is 1.95. The van der Waals surface area contributed by atoms with Crippen molar-refractivity contribution >= 4 is 17.7 Å². The lowest BCUT2D eigenvalue weighted by Crippen LogP contribution is -2.24. The number of hydrogen-bond donors (Lipinski definition) is 0. The van der Waals surface area contributed by atoms with E-state index in [2.05, 4.69) is 9.84 Å². The van der Waals surface area contributed by atoms with Gasteiger partial charge in [0.05, 0.1) is 12.8 Å². The summed E-state index contributed by atoms with van der Waals surface area (Å²) in [6, 6.07) is 9.10. The van der Waals surface area contributed by atoms with E-state index >= 15 is 0 Å². The number of halogens is 1. The van der Waals surface area contributed by atoms with Gasteiger partial charge in [0.1, 0.15) is 6.61 Å². The number of methoxy groups -OCH3 is 1. The maximum Gasteiger partial charge on any atom is 0.413 e. The van der Waals surface area contributed by atoms with E-state index in [1.807, 2.05) is 12.1 Å². The average molecular weight is 336 g/mol. The van der Waals surface area contributed by atoms with E-state index < -0.39 is 6.09 Å². The average Bonchev–Trinajstić information content (AvgIpc) is 3.02. The normalized spacial score (nSPS) is 11.2. The van der Waals surface area contributed by atoms with Crippen molar-refractivity contribution in [2.75, 3.05) is 20.8 Å². The second kappa shape index (κ2) is 7.69. The highest BCUT2D eigenvalue weighted by Gasteiger charge is 2.09. The molecule has 1 amide bonds. The van der Waals surface area contributed by atoms with E-state index in [9.17, 15) is 4.79 Å². The van der Waals surface area contributed by atoms with Crippen molar-refractivity contribution in [3.8, 4) is 11.6 Å². The smallest absolute Gasteiger partial charge is 0.413 e. The minimum atomic E-state index is -0.425. The summed E-state index contributed by atoms with van der Waals surface area (Å²) in [5.74, 6) is 0.490. The minimum absolute atomic E-state index is 0.296. The molecular weight excluding hydrogens is 318 g/mol. The van der Waals surface area contributed by atoms with E-state index in [1.54, 1.807) is 49.1 Å². The van der Waals surface area contributed by atoms with Crippen LogP contribution in [0.15, 0.2) is 48.3 Å². The van der Waals surface area contributed by atoms with Gasteiger partial charge >= 0.3 is 6.09 Å². The number of benzene rings is 1. The summed E-state index contributed by atoms with van der Waals surface area (Å²) in [4.78, 5) is 12.8. The predicted molar refractivity (Wildman–Crippen MR) is 88.0 cm³/mol. The molecule has 0 fully saturated rings. The maximum atomic E-state index is 11.4. The molecule has 0 radical (unpaired) electrons. The molecular formula is C16H18ClN3O3. The van der Waals surface area contributed by atoms with E-state index in [0.29, 0.717) is 17.5 Å². The number of ether oxygens (including phenoxy) is 2. The zero-order chi connectivity index (χ0) is 16.8. The Labute approximate surface area is 139 Å². The molecule has 2 rings (SSSR count). The quantitative estimate of drug-likeness (QED) is 0.839. The summed E-state index contributed by atoms with van der Waals surface area (Å²) in [6.07, 6.45) is 3.15. The highest BCUT2D eigenvalue weighted by molar-refractivity contribution is 6.30. The molecule has 6 nitrogen and oxygen atoms in total. The fraction of sp³-hybridized carbons (Fsp3) is 0.250. The van der Waals surface area contributed by atoms with Crippen LogP contribution in [0.1, 0.15) is 6.92 Å². The van der Waals surface area contributed by atoms with Crippen LogP contribution in [-0.2, 0) is 4.74 Å². The molecule has 0 aliphatic heterocycles. The lowest BCUT2D eigenvalue weighted by Gasteiger charge is -2.15. The van der Waals surface area contributed by atoms with Gasteiger partial charge in [0.25, 0.3) is 0 Å². The van der Waals surface area contributed by atoms with Crippen molar-refractivity contribution in [1.82, 2.24) is 14.7 Å². The van der Waals surface area contributed by atoms with Gasteiger partial charge in [-0.15, -0.1) is 5.10 Å². The first-order valence-electron chi connectivity index (χ1n) is 6.94. The number of hydrogen-bond acceptors (Lipinski definition) is 4. The van der Waals surface area contributed by atoms with Crippen LogP contribution in [0.3, 0.4) is 0 Å². The molecule has 0 aliphatic carbocycles. The predicted octanol–water partition coefficient (Wildman–Crippen LogP) is 3.51. The summed E-state index contributed by atoms with van der Waals surface area (Å²) >= 11 is 5.86. The van der Waals surface area contributed by atoms with Crippen molar-refractivity contribution in [3.05, 3.63) is 53.3 Å². The molecule has 0 unspecified atom stereocenters. The summed E-state index contributed by atoms with van der Waals surface area (Å²) < 4.78 is 11.9.